The summed E-state index contributed by atoms with van der Waals surface area (Å²) in [5.74, 6) is 0.316. The van der Waals surface area contributed by atoms with E-state index in [2.05, 4.69) is 16.0 Å². The molecule has 1 aliphatic carbocycles. The summed E-state index contributed by atoms with van der Waals surface area (Å²) < 4.78 is 2.09. The lowest BCUT2D eigenvalue weighted by atomic mass is 9.96. The van der Waals surface area contributed by atoms with Gasteiger partial charge in [-0.15, -0.1) is 0 Å². The van der Waals surface area contributed by atoms with Crippen LogP contribution < -0.4 is 5.73 Å². The van der Waals surface area contributed by atoms with Gasteiger partial charge in [-0.25, -0.2) is 0 Å². The van der Waals surface area contributed by atoms with Crippen LogP contribution in [0.3, 0.4) is 0 Å². The van der Waals surface area contributed by atoms with Crippen LogP contribution in [0, 0.1) is 0 Å². The normalized spacial score (nSPS) is 16.2. The zero-order valence-electron chi connectivity index (χ0n) is 13.1. The monoisotopic (exact) mass is 291 g/mol. The summed E-state index contributed by atoms with van der Waals surface area (Å²) in [4.78, 5) is 12.0. The molecule has 118 valence electrons. The fourth-order valence-electron chi connectivity index (χ4n) is 3.13. The molecule has 0 atom stereocenters. The Balaban J connectivity index is 1.70. The minimum absolute atomic E-state index is 0.316. The first-order chi connectivity index (χ1) is 10.3. The summed E-state index contributed by atoms with van der Waals surface area (Å²) in [6.07, 6.45) is 14.0. The summed E-state index contributed by atoms with van der Waals surface area (Å²) in [6.45, 7) is 0.756. The molecule has 1 aromatic heterocycles. The molecule has 0 radical (unpaired) electrons. The van der Waals surface area contributed by atoms with Crippen molar-refractivity contribution in [3.8, 4) is 0 Å². The fraction of sp³-hybridized carbons (Fsp3) is 0.765. The highest BCUT2D eigenvalue weighted by atomic mass is 16.1. The lowest BCUT2D eigenvalue weighted by Crippen LogP contribution is -2.14. The number of Topliss-reactive ketones (excluding diaryl/α,β-unsaturated/α-hetero) is 1. The molecule has 0 bridgehead atoms. The van der Waals surface area contributed by atoms with Gasteiger partial charge in [0.25, 0.3) is 0 Å². The zero-order chi connectivity index (χ0) is 14.9. The average Bonchev–Trinajstić information content (AvgIpc) is 2.96. The van der Waals surface area contributed by atoms with Crippen molar-refractivity contribution in [2.24, 2.45) is 5.73 Å². The van der Waals surface area contributed by atoms with Crippen molar-refractivity contribution in [2.45, 2.75) is 76.7 Å². The quantitative estimate of drug-likeness (QED) is 0.709. The van der Waals surface area contributed by atoms with Gasteiger partial charge < -0.3 is 5.73 Å². The van der Waals surface area contributed by atoms with Crippen molar-refractivity contribution in [3.63, 3.8) is 0 Å². The van der Waals surface area contributed by atoms with Crippen molar-refractivity contribution < 1.29 is 4.79 Å². The van der Waals surface area contributed by atoms with E-state index in [9.17, 15) is 4.79 Å². The number of aromatic nitrogens is 2. The van der Waals surface area contributed by atoms with Gasteiger partial charge in [0.05, 0.1) is 18.2 Å². The molecule has 21 heavy (non-hydrogen) atoms. The molecular formula is C17H29N3O. The van der Waals surface area contributed by atoms with E-state index < -0.39 is 0 Å². The molecule has 0 spiro atoms. The molecule has 4 heteroatoms. The predicted molar refractivity (Wildman–Crippen MR) is 85.2 cm³/mol. The smallest absolute Gasteiger partial charge is 0.138 e. The lowest BCUT2D eigenvalue weighted by molar-refractivity contribution is -0.118. The van der Waals surface area contributed by atoms with Crippen LogP contribution >= 0.6 is 0 Å². The van der Waals surface area contributed by atoms with Crippen LogP contribution in [0.15, 0.2) is 12.3 Å². The Labute approximate surface area is 128 Å². The third-order valence-electron chi connectivity index (χ3n) is 4.40. The standard InChI is InChI=1S/C17H29N3O/c18-12-7-2-1-6-10-17(21)14-15-11-13-20(19-15)16-8-4-3-5-9-16/h11,13,16H,1-10,12,14,18H2. The van der Waals surface area contributed by atoms with Crippen LogP contribution in [0.5, 0.6) is 0 Å². The summed E-state index contributed by atoms with van der Waals surface area (Å²) in [5, 5.41) is 4.61. The second-order valence-electron chi connectivity index (χ2n) is 6.25. The minimum atomic E-state index is 0.316. The van der Waals surface area contributed by atoms with Crippen LogP contribution in [0.4, 0.5) is 0 Å². The van der Waals surface area contributed by atoms with Crippen LogP contribution in [-0.2, 0) is 11.2 Å². The number of unbranched alkanes of at least 4 members (excludes halogenated alkanes) is 3. The largest absolute Gasteiger partial charge is 0.330 e. The molecule has 2 N–H and O–H groups in total. The van der Waals surface area contributed by atoms with Crippen molar-refractivity contribution in [1.82, 2.24) is 9.78 Å². The molecule has 0 aliphatic heterocycles. The molecule has 4 nitrogen and oxygen atoms in total. The van der Waals surface area contributed by atoms with Gasteiger partial charge in [-0.3, -0.25) is 9.48 Å². The Hall–Kier alpha value is -1.16. The van der Waals surface area contributed by atoms with Gasteiger partial charge in [0, 0.05) is 12.6 Å². The highest BCUT2D eigenvalue weighted by Gasteiger charge is 2.16. The molecule has 0 amide bonds. The van der Waals surface area contributed by atoms with Crippen molar-refractivity contribution in [1.29, 1.82) is 0 Å². The topological polar surface area (TPSA) is 60.9 Å². The van der Waals surface area contributed by atoms with Crippen molar-refractivity contribution >= 4 is 5.78 Å². The highest BCUT2D eigenvalue weighted by Crippen LogP contribution is 2.27. The van der Waals surface area contributed by atoms with Gasteiger partial charge in [-0.05, 0) is 38.3 Å². The van der Waals surface area contributed by atoms with Crippen LogP contribution in [-0.4, -0.2) is 22.1 Å². The number of rotatable bonds is 9. The third kappa shape index (κ3) is 5.62. The van der Waals surface area contributed by atoms with E-state index in [4.69, 9.17) is 5.73 Å². The van der Waals surface area contributed by atoms with E-state index in [1.54, 1.807) is 0 Å². The number of carbonyl (C=O) groups excluding carboxylic acids is 1. The Morgan fingerprint density at radius 2 is 1.95 bits per heavy atom. The molecule has 1 heterocycles. The number of nitrogens with two attached hydrogens (primary N) is 1. The molecule has 0 saturated heterocycles. The maximum Gasteiger partial charge on any atom is 0.138 e. The zero-order valence-corrected chi connectivity index (χ0v) is 13.1. The average molecular weight is 291 g/mol. The lowest BCUT2D eigenvalue weighted by Gasteiger charge is -2.21. The molecule has 1 aliphatic rings. The summed E-state index contributed by atoms with van der Waals surface area (Å²) >= 11 is 0. The van der Waals surface area contributed by atoms with Gasteiger partial charge in [0.15, 0.2) is 0 Å². The molecule has 1 saturated carbocycles. The molecule has 0 aromatic carbocycles. The SMILES string of the molecule is NCCCCCCC(=O)Cc1ccn(C2CCCCC2)n1. The minimum Gasteiger partial charge on any atom is -0.330 e. The first-order valence-corrected chi connectivity index (χ1v) is 8.55. The van der Waals surface area contributed by atoms with Crippen LogP contribution in [0.25, 0.3) is 0 Å². The molecule has 2 rings (SSSR count). The number of ketones is 1. The first-order valence-electron chi connectivity index (χ1n) is 8.55. The summed E-state index contributed by atoms with van der Waals surface area (Å²) in [7, 11) is 0. The molecule has 1 aromatic rings. The maximum atomic E-state index is 12.0. The van der Waals surface area contributed by atoms with E-state index in [1.807, 2.05) is 6.07 Å². The Morgan fingerprint density at radius 3 is 2.71 bits per heavy atom. The van der Waals surface area contributed by atoms with Gasteiger partial charge in [0.2, 0.25) is 0 Å². The van der Waals surface area contributed by atoms with E-state index in [1.165, 1.54) is 32.1 Å². The van der Waals surface area contributed by atoms with Crippen molar-refractivity contribution in [2.75, 3.05) is 6.54 Å². The second kappa shape index (κ2) is 8.98. The van der Waals surface area contributed by atoms with Crippen LogP contribution in [0.2, 0.25) is 0 Å². The van der Waals surface area contributed by atoms with E-state index in [0.29, 0.717) is 24.7 Å². The van der Waals surface area contributed by atoms with Gasteiger partial charge in [-0.1, -0.05) is 32.1 Å². The fourth-order valence-corrected chi connectivity index (χ4v) is 3.13. The number of carbonyl (C=O) groups is 1. The number of hydrogen-bond donors (Lipinski definition) is 1. The molecule has 1 fully saturated rings. The van der Waals surface area contributed by atoms with Gasteiger partial charge in [0.1, 0.15) is 5.78 Å². The Kier molecular flexibility index (Phi) is 6.93. The second-order valence-corrected chi connectivity index (χ2v) is 6.25. The summed E-state index contributed by atoms with van der Waals surface area (Å²) in [6, 6.07) is 2.57. The Bertz CT molecular complexity index is 421. The number of nitrogens with zero attached hydrogens (tertiary/aromatic N) is 2. The first kappa shape index (κ1) is 16.2. The summed E-state index contributed by atoms with van der Waals surface area (Å²) in [5.41, 5.74) is 6.40. The maximum absolute atomic E-state index is 12.0. The van der Waals surface area contributed by atoms with E-state index in [0.717, 1.165) is 37.9 Å². The molecule has 0 unspecified atom stereocenters. The van der Waals surface area contributed by atoms with Crippen LogP contribution in [0.1, 0.15) is 75.9 Å². The molecular weight excluding hydrogens is 262 g/mol. The van der Waals surface area contributed by atoms with E-state index in [-0.39, 0.29) is 0 Å². The third-order valence-corrected chi connectivity index (χ3v) is 4.40. The van der Waals surface area contributed by atoms with Crippen molar-refractivity contribution in [3.05, 3.63) is 18.0 Å². The van der Waals surface area contributed by atoms with Gasteiger partial charge >= 0.3 is 0 Å². The Morgan fingerprint density at radius 1 is 1.19 bits per heavy atom. The van der Waals surface area contributed by atoms with E-state index >= 15 is 0 Å². The van der Waals surface area contributed by atoms with Gasteiger partial charge in [-0.2, -0.15) is 5.10 Å². The number of hydrogen-bond acceptors (Lipinski definition) is 3. The highest BCUT2D eigenvalue weighted by molar-refractivity contribution is 5.80. The predicted octanol–water partition coefficient (Wildman–Crippen LogP) is 3.41.